The fourth-order valence-electron chi connectivity index (χ4n) is 3.71. The second-order valence-corrected chi connectivity index (χ2v) is 7.25. The number of carbonyl (C=O) groups excluding carboxylic acids is 1. The lowest BCUT2D eigenvalue weighted by molar-refractivity contribution is -0.137. The number of allylic oxidation sites excluding steroid dienone is 3. The Morgan fingerprint density at radius 1 is 1.07 bits per heavy atom. The Hall–Kier alpha value is -2.24. The third-order valence-corrected chi connectivity index (χ3v) is 5.25. The van der Waals surface area contributed by atoms with Crippen LogP contribution in [0, 0.1) is 5.92 Å². The van der Waals surface area contributed by atoms with Crippen molar-refractivity contribution in [3.8, 4) is 0 Å². The van der Waals surface area contributed by atoms with E-state index in [2.05, 4.69) is 28.9 Å². The first-order valence-corrected chi connectivity index (χ1v) is 9.51. The molecule has 0 spiro atoms. The lowest BCUT2D eigenvalue weighted by Gasteiger charge is -2.30. The van der Waals surface area contributed by atoms with E-state index in [4.69, 9.17) is 0 Å². The molecule has 2 aliphatic carbocycles. The summed E-state index contributed by atoms with van der Waals surface area (Å²) in [6, 6.07) is 4.88. The molecule has 0 aromatic heterocycles. The molecule has 1 fully saturated rings. The van der Waals surface area contributed by atoms with Gasteiger partial charge in [-0.05, 0) is 62.7 Å². The van der Waals surface area contributed by atoms with Crippen LogP contribution in [0.15, 0.2) is 48.2 Å². The maximum absolute atomic E-state index is 13.1. The highest BCUT2D eigenvalue weighted by atomic mass is 19.4. The number of rotatable bonds is 5. The molecule has 27 heavy (non-hydrogen) atoms. The molecule has 3 nitrogen and oxygen atoms in total. The topological polar surface area (TPSA) is 41.1 Å². The van der Waals surface area contributed by atoms with Gasteiger partial charge in [0.1, 0.15) is 0 Å². The number of hydrogen-bond donors (Lipinski definition) is 2. The fraction of sp³-hybridized carbons (Fsp3) is 0.476. The Kier molecular flexibility index (Phi) is 6.24. The number of nitrogens with one attached hydrogen (secondary N) is 2. The molecule has 3 rings (SSSR count). The maximum Gasteiger partial charge on any atom is 0.417 e. The zero-order chi connectivity index (χ0) is 19.3. The van der Waals surface area contributed by atoms with Gasteiger partial charge in [-0.1, -0.05) is 24.3 Å². The molecular weight excluding hydrogens is 353 g/mol. The molecule has 2 aliphatic rings. The maximum atomic E-state index is 13.1. The lowest BCUT2D eigenvalue weighted by atomic mass is 9.85. The quantitative estimate of drug-likeness (QED) is 0.771. The second-order valence-electron chi connectivity index (χ2n) is 7.25. The lowest BCUT2D eigenvalue weighted by Crippen LogP contribution is -2.39. The minimum atomic E-state index is -4.53. The summed E-state index contributed by atoms with van der Waals surface area (Å²) in [5.74, 6) is -0.112. The van der Waals surface area contributed by atoms with Crippen molar-refractivity contribution in [2.24, 2.45) is 5.92 Å². The Morgan fingerprint density at radius 2 is 1.81 bits per heavy atom. The van der Waals surface area contributed by atoms with E-state index in [1.165, 1.54) is 23.9 Å². The van der Waals surface area contributed by atoms with Crippen LogP contribution in [0.25, 0.3) is 0 Å². The van der Waals surface area contributed by atoms with Crippen LogP contribution in [0.4, 0.5) is 13.2 Å². The Bertz CT molecular complexity index is 716. The average Bonchev–Trinajstić information content (AvgIpc) is 2.67. The first-order chi connectivity index (χ1) is 12.9. The summed E-state index contributed by atoms with van der Waals surface area (Å²) in [6.45, 7) is 0.897. The molecule has 0 atom stereocenters. The molecule has 2 N–H and O–H groups in total. The van der Waals surface area contributed by atoms with Crippen LogP contribution in [-0.4, -0.2) is 18.5 Å². The van der Waals surface area contributed by atoms with Crippen LogP contribution < -0.4 is 10.6 Å². The normalized spacial score (nSPS) is 22.9. The van der Waals surface area contributed by atoms with Crippen molar-refractivity contribution in [2.45, 2.75) is 50.7 Å². The van der Waals surface area contributed by atoms with Gasteiger partial charge in [-0.25, -0.2) is 0 Å². The molecule has 0 heterocycles. The van der Waals surface area contributed by atoms with E-state index in [1.54, 1.807) is 0 Å². The van der Waals surface area contributed by atoms with Gasteiger partial charge in [-0.15, -0.1) is 0 Å². The minimum Gasteiger partial charge on any atom is -0.385 e. The molecule has 0 saturated heterocycles. The zero-order valence-electron chi connectivity index (χ0n) is 15.2. The molecule has 6 heteroatoms. The highest BCUT2D eigenvalue weighted by Crippen LogP contribution is 2.32. The number of amides is 1. The summed E-state index contributed by atoms with van der Waals surface area (Å²) < 4.78 is 39.2. The molecule has 0 unspecified atom stereocenters. The monoisotopic (exact) mass is 378 g/mol. The predicted molar refractivity (Wildman–Crippen MR) is 99.1 cm³/mol. The summed E-state index contributed by atoms with van der Waals surface area (Å²) in [4.78, 5) is 12.4. The largest absolute Gasteiger partial charge is 0.417 e. The number of alkyl halides is 3. The summed E-state index contributed by atoms with van der Waals surface area (Å²) >= 11 is 0. The van der Waals surface area contributed by atoms with E-state index in [9.17, 15) is 18.0 Å². The van der Waals surface area contributed by atoms with E-state index in [0.717, 1.165) is 51.1 Å². The van der Waals surface area contributed by atoms with Crippen molar-refractivity contribution in [3.63, 3.8) is 0 Å². The van der Waals surface area contributed by atoms with Gasteiger partial charge in [0.15, 0.2) is 0 Å². The van der Waals surface area contributed by atoms with Crippen LogP contribution in [0.2, 0.25) is 0 Å². The molecular formula is C21H25F3N2O. The van der Waals surface area contributed by atoms with Gasteiger partial charge in [0, 0.05) is 18.3 Å². The standard InChI is InChI=1S/C21H25F3N2O/c22-21(23,24)19-9-5-4-8-18(19)20(27)26-17-12-10-15(11-13-17)14-25-16-6-2-1-3-7-16/h2,4-9,15,17,25H,1,3,10-14H2,(H,26,27). The molecule has 1 saturated carbocycles. The predicted octanol–water partition coefficient (Wildman–Crippen LogP) is 4.82. The van der Waals surface area contributed by atoms with Gasteiger partial charge in [-0.2, -0.15) is 13.2 Å². The van der Waals surface area contributed by atoms with Gasteiger partial charge < -0.3 is 10.6 Å². The molecule has 146 valence electrons. The van der Waals surface area contributed by atoms with Gasteiger partial charge in [0.05, 0.1) is 11.1 Å². The van der Waals surface area contributed by atoms with Crippen molar-refractivity contribution in [1.29, 1.82) is 0 Å². The van der Waals surface area contributed by atoms with Crippen LogP contribution in [-0.2, 0) is 6.18 Å². The van der Waals surface area contributed by atoms with Gasteiger partial charge in [0.2, 0.25) is 0 Å². The third-order valence-electron chi connectivity index (χ3n) is 5.25. The Labute approximate surface area is 157 Å². The first-order valence-electron chi connectivity index (χ1n) is 9.51. The van der Waals surface area contributed by atoms with Crippen molar-refractivity contribution in [3.05, 3.63) is 59.3 Å². The SMILES string of the molecule is O=C(NC1CCC(CNC2=CCCC=C2)CC1)c1ccccc1C(F)(F)F. The molecule has 1 amide bonds. The molecule has 0 bridgehead atoms. The highest BCUT2D eigenvalue weighted by Gasteiger charge is 2.35. The van der Waals surface area contributed by atoms with Crippen LogP contribution in [0.3, 0.4) is 0 Å². The summed E-state index contributed by atoms with van der Waals surface area (Å²) in [5.41, 5.74) is -0.0144. The number of benzene rings is 1. The fourth-order valence-corrected chi connectivity index (χ4v) is 3.71. The van der Waals surface area contributed by atoms with Crippen LogP contribution in [0.1, 0.15) is 54.4 Å². The summed E-state index contributed by atoms with van der Waals surface area (Å²) in [7, 11) is 0. The minimum absolute atomic E-state index is 0.0659. The van der Waals surface area contributed by atoms with Gasteiger partial charge in [0.25, 0.3) is 5.91 Å². The number of hydrogen-bond acceptors (Lipinski definition) is 2. The first kappa shape index (κ1) is 19.5. The van der Waals surface area contributed by atoms with E-state index in [0.29, 0.717) is 5.92 Å². The van der Waals surface area contributed by atoms with Crippen LogP contribution in [0.5, 0.6) is 0 Å². The van der Waals surface area contributed by atoms with E-state index in [-0.39, 0.29) is 11.6 Å². The smallest absolute Gasteiger partial charge is 0.385 e. The van der Waals surface area contributed by atoms with Crippen LogP contribution >= 0.6 is 0 Å². The summed E-state index contributed by atoms with van der Waals surface area (Å²) in [6.07, 6.45) is 7.59. The van der Waals surface area contributed by atoms with Crippen molar-refractivity contribution in [1.82, 2.24) is 10.6 Å². The van der Waals surface area contributed by atoms with E-state index < -0.39 is 17.6 Å². The second kappa shape index (κ2) is 8.63. The number of carbonyl (C=O) groups is 1. The highest BCUT2D eigenvalue weighted by molar-refractivity contribution is 5.96. The average molecular weight is 378 g/mol. The van der Waals surface area contributed by atoms with E-state index >= 15 is 0 Å². The molecule has 1 aromatic rings. The van der Waals surface area contributed by atoms with Crippen molar-refractivity contribution < 1.29 is 18.0 Å². The van der Waals surface area contributed by atoms with E-state index in [1.807, 2.05) is 0 Å². The van der Waals surface area contributed by atoms with Gasteiger partial charge >= 0.3 is 6.18 Å². The Balaban J connectivity index is 1.49. The summed E-state index contributed by atoms with van der Waals surface area (Å²) in [5, 5.41) is 6.25. The third kappa shape index (κ3) is 5.37. The Morgan fingerprint density at radius 3 is 2.48 bits per heavy atom. The number of halogens is 3. The van der Waals surface area contributed by atoms with Crippen molar-refractivity contribution >= 4 is 5.91 Å². The molecule has 1 aromatic carbocycles. The van der Waals surface area contributed by atoms with Crippen molar-refractivity contribution in [2.75, 3.05) is 6.54 Å². The molecule has 0 radical (unpaired) electrons. The molecule has 0 aliphatic heterocycles. The van der Waals surface area contributed by atoms with Gasteiger partial charge in [-0.3, -0.25) is 4.79 Å². The zero-order valence-corrected chi connectivity index (χ0v) is 15.2.